The lowest BCUT2D eigenvalue weighted by atomic mass is 9.51. The number of aliphatic imine (C=N–C) groups is 1. The van der Waals surface area contributed by atoms with Gasteiger partial charge in [-0.2, -0.15) is 0 Å². The van der Waals surface area contributed by atoms with E-state index in [0.717, 1.165) is 36.2 Å². The highest BCUT2D eigenvalue weighted by molar-refractivity contribution is 7.11. The number of aryl methyl sites for hydroxylation is 2. The highest BCUT2D eigenvalue weighted by Crippen LogP contribution is 2.57. The Kier molecular flexibility index (Phi) is 4.92. The maximum atomic E-state index is 5.92. The van der Waals surface area contributed by atoms with Crippen LogP contribution in [-0.4, -0.2) is 36.7 Å². The normalized spacial score (nSPS) is 25.8. The first-order valence-corrected chi connectivity index (χ1v) is 9.42. The number of ether oxygens (including phenoxy) is 1. The van der Waals surface area contributed by atoms with Crippen molar-refractivity contribution in [3.05, 3.63) is 15.6 Å². The van der Waals surface area contributed by atoms with Crippen molar-refractivity contribution in [2.45, 2.75) is 65.1 Å². The standard InChI is InChI=1S/C17H28N4OS/c1-5-22-14-9-13(17(14)7-6-8-17)21-16(18-4)19-10-15-20-11(2)12(3)23-15/h13-14H,5-10H2,1-4H3,(H2,18,19,21). The summed E-state index contributed by atoms with van der Waals surface area (Å²) >= 11 is 1.75. The maximum Gasteiger partial charge on any atom is 0.191 e. The largest absolute Gasteiger partial charge is 0.378 e. The number of hydrogen-bond acceptors (Lipinski definition) is 4. The van der Waals surface area contributed by atoms with Crippen LogP contribution in [0.25, 0.3) is 0 Å². The molecule has 1 aromatic heterocycles. The minimum atomic E-state index is 0.349. The van der Waals surface area contributed by atoms with Crippen molar-refractivity contribution in [3.63, 3.8) is 0 Å². The third kappa shape index (κ3) is 3.11. The molecular formula is C17H28N4OS. The van der Waals surface area contributed by atoms with Crippen molar-refractivity contribution in [2.75, 3.05) is 13.7 Å². The van der Waals surface area contributed by atoms with Crippen molar-refractivity contribution in [3.8, 4) is 0 Å². The van der Waals surface area contributed by atoms with E-state index in [-0.39, 0.29) is 0 Å². The molecule has 2 aliphatic rings. The summed E-state index contributed by atoms with van der Waals surface area (Å²) in [5, 5.41) is 8.13. The number of rotatable bonds is 5. The van der Waals surface area contributed by atoms with Crippen molar-refractivity contribution in [1.82, 2.24) is 15.6 Å². The van der Waals surface area contributed by atoms with Crippen LogP contribution in [0.1, 0.15) is 48.2 Å². The van der Waals surface area contributed by atoms with Gasteiger partial charge in [-0.25, -0.2) is 4.98 Å². The summed E-state index contributed by atoms with van der Waals surface area (Å²) in [7, 11) is 1.83. The van der Waals surface area contributed by atoms with Gasteiger partial charge in [-0.05, 0) is 40.0 Å². The third-order valence-corrected chi connectivity index (χ3v) is 6.52. The van der Waals surface area contributed by atoms with Crippen LogP contribution in [0.4, 0.5) is 0 Å². The predicted octanol–water partition coefficient (Wildman–Crippen LogP) is 2.77. The van der Waals surface area contributed by atoms with Gasteiger partial charge in [0.2, 0.25) is 0 Å². The number of hydrogen-bond donors (Lipinski definition) is 2. The zero-order chi connectivity index (χ0) is 16.4. The number of nitrogens with one attached hydrogen (secondary N) is 2. The highest BCUT2D eigenvalue weighted by Gasteiger charge is 2.59. The Balaban J connectivity index is 1.54. The van der Waals surface area contributed by atoms with Gasteiger partial charge in [-0.3, -0.25) is 4.99 Å². The van der Waals surface area contributed by atoms with Gasteiger partial charge < -0.3 is 15.4 Å². The van der Waals surface area contributed by atoms with Crippen LogP contribution in [0.3, 0.4) is 0 Å². The summed E-state index contributed by atoms with van der Waals surface area (Å²) in [5.41, 5.74) is 1.48. The molecule has 2 atom stereocenters. The molecule has 0 amide bonds. The molecular weight excluding hydrogens is 308 g/mol. The molecule has 1 spiro atoms. The van der Waals surface area contributed by atoms with E-state index in [0.29, 0.717) is 17.6 Å². The van der Waals surface area contributed by atoms with Crippen molar-refractivity contribution in [2.24, 2.45) is 10.4 Å². The second-order valence-electron chi connectivity index (χ2n) is 6.64. The molecule has 0 radical (unpaired) electrons. The van der Waals surface area contributed by atoms with E-state index in [1.54, 1.807) is 11.3 Å². The smallest absolute Gasteiger partial charge is 0.191 e. The first-order valence-electron chi connectivity index (χ1n) is 8.60. The number of nitrogens with zero attached hydrogens (tertiary/aromatic N) is 2. The van der Waals surface area contributed by atoms with E-state index in [1.165, 1.54) is 24.1 Å². The first-order chi connectivity index (χ1) is 11.1. The van der Waals surface area contributed by atoms with Gasteiger partial charge in [-0.15, -0.1) is 11.3 Å². The molecule has 3 rings (SSSR count). The average molecular weight is 337 g/mol. The number of thiazole rings is 1. The fourth-order valence-electron chi connectivity index (χ4n) is 3.77. The molecule has 2 aliphatic carbocycles. The molecule has 0 bridgehead atoms. The van der Waals surface area contributed by atoms with Crippen molar-refractivity contribution >= 4 is 17.3 Å². The van der Waals surface area contributed by atoms with Crippen molar-refractivity contribution < 1.29 is 4.74 Å². The fourth-order valence-corrected chi connectivity index (χ4v) is 4.65. The Hall–Kier alpha value is -1.14. The van der Waals surface area contributed by atoms with Crippen LogP contribution >= 0.6 is 11.3 Å². The zero-order valence-electron chi connectivity index (χ0n) is 14.6. The van der Waals surface area contributed by atoms with E-state index in [4.69, 9.17) is 4.74 Å². The van der Waals surface area contributed by atoms with Gasteiger partial charge in [0.25, 0.3) is 0 Å². The first kappa shape index (κ1) is 16.7. The van der Waals surface area contributed by atoms with Crippen LogP contribution < -0.4 is 10.6 Å². The summed E-state index contributed by atoms with van der Waals surface area (Å²) in [6.45, 7) is 7.81. The quantitative estimate of drug-likeness (QED) is 0.641. The van der Waals surface area contributed by atoms with E-state index in [1.807, 2.05) is 7.05 Å². The summed E-state index contributed by atoms with van der Waals surface area (Å²) < 4.78 is 5.92. The van der Waals surface area contributed by atoms with Gasteiger partial charge in [0.1, 0.15) is 5.01 Å². The summed E-state index contributed by atoms with van der Waals surface area (Å²) in [4.78, 5) is 10.2. The molecule has 2 saturated carbocycles. The zero-order valence-corrected chi connectivity index (χ0v) is 15.4. The highest BCUT2D eigenvalue weighted by atomic mass is 32.1. The molecule has 1 heterocycles. The minimum Gasteiger partial charge on any atom is -0.378 e. The Morgan fingerprint density at radius 1 is 1.43 bits per heavy atom. The lowest BCUT2D eigenvalue weighted by Crippen LogP contribution is -2.68. The summed E-state index contributed by atoms with van der Waals surface area (Å²) in [6, 6.07) is 0.485. The lowest BCUT2D eigenvalue weighted by molar-refractivity contribution is -0.168. The number of aromatic nitrogens is 1. The van der Waals surface area contributed by atoms with Gasteiger partial charge in [0, 0.05) is 30.0 Å². The van der Waals surface area contributed by atoms with E-state index in [2.05, 4.69) is 41.4 Å². The Bertz CT molecular complexity index is 560. The van der Waals surface area contributed by atoms with Crippen LogP contribution in [0.5, 0.6) is 0 Å². The molecule has 2 N–H and O–H groups in total. The molecule has 128 valence electrons. The molecule has 0 aromatic carbocycles. The van der Waals surface area contributed by atoms with Crippen LogP contribution in [-0.2, 0) is 11.3 Å². The van der Waals surface area contributed by atoms with Crippen LogP contribution in [0.2, 0.25) is 0 Å². The Labute approximate surface area is 142 Å². The van der Waals surface area contributed by atoms with E-state index < -0.39 is 0 Å². The van der Waals surface area contributed by atoms with Crippen LogP contribution in [0.15, 0.2) is 4.99 Å². The minimum absolute atomic E-state index is 0.349. The van der Waals surface area contributed by atoms with Gasteiger partial charge in [0.15, 0.2) is 5.96 Å². The Morgan fingerprint density at radius 3 is 2.74 bits per heavy atom. The summed E-state index contributed by atoms with van der Waals surface area (Å²) in [5.74, 6) is 0.877. The van der Waals surface area contributed by atoms with E-state index >= 15 is 0 Å². The van der Waals surface area contributed by atoms with Crippen LogP contribution in [0, 0.1) is 19.3 Å². The second kappa shape index (κ2) is 6.77. The molecule has 6 heteroatoms. The monoisotopic (exact) mass is 336 g/mol. The van der Waals surface area contributed by atoms with Gasteiger partial charge in [0.05, 0.1) is 18.3 Å². The third-order valence-electron chi connectivity index (χ3n) is 5.45. The molecule has 0 aliphatic heterocycles. The summed E-state index contributed by atoms with van der Waals surface area (Å²) in [6.07, 6.45) is 5.39. The second-order valence-corrected chi connectivity index (χ2v) is 7.93. The van der Waals surface area contributed by atoms with Gasteiger partial charge in [-0.1, -0.05) is 6.42 Å². The Morgan fingerprint density at radius 2 is 2.22 bits per heavy atom. The van der Waals surface area contributed by atoms with Crippen molar-refractivity contribution in [1.29, 1.82) is 0 Å². The average Bonchev–Trinajstić information content (AvgIpc) is 2.78. The van der Waals surface area contributed by atoms with Gasteiger partial charge >= 0.3 is 0 Å². The molecule has 23 heavy (non-hydrogen) atoms. The molecule has 2 unspecified atom stereocenters. The topological polar surface area (TPSA) is 58.5 Å². The molecule has 0 saturated heterocycles. The molecule has 2 fully saturated rings. The molecule has 1 aromatic rings. The lowest BCUT2D eigenvalue weighted by Gasteiger charge is -2.61. The molecule has 5 nitrogen and oxygen atoms in total. The fraction of sp³-hybridized carbons (Fsp3) is 0.765. The predicted molar refractivity (Wildman–Crippen MR) is 95.0 cm³/mol. The SMILES string of the molecule is CCOC1CC(NC(=NC)NCc2nc(C)c(C)s2)C12CCC2. The van der Waals surface area contributed by atoms with E-state index in [9.17, 15) is 0 Å². The number of guanidine groups is 1. The maximum absolute atomic E-state index is 5.92.